The predicted molar refractivity (Wildman–Crippen MR) is 128 cm³/mol. The highest BCUT2D eigenvalue weighted by Gasteiger charge is 2.24. The highest BCUT2D eigenvalue weighted by atomic mass is 35.5. The number of para-hydroxylation sites is 1. The number of anilines is 2. The molecule has 0 fully saturated rings. The Morgan fingerprint density at radius 3 is 2.50 bits per heavy atom. The maximum absolute atomic E-state index is 13.6. The highest BCUT2D eigenvalue weighted by Crippen LogP contribution is 2.35. The first-order valence-corrected chi connectivity index (χ1v) is 10.5. The van der Waals surface area contributed by atoms with E-state index >= 15 is 0 Å². The molecule has 0 radical (unpaired) electrons. The topological polar surface area (TPSA) is 103 Å². The largest absolute Gasteiger partial charge is 0.383 e. The molecule has 1 atom stereocenters. The van der Waals surface area contributed by atoms with E-state index in [1.165, 1.54) is 17.8 Å². The third kappa shape index (κ3) is 3.70. The Labute approximate surface area is 193 Å². The summed E-state index contributed by atoms with van der Waals surface area (Å²) in [4.78, 5) is 33.8. The average molecular weight is 468 g/mol. The first kappa shape index (κ1) is 21.8. The lowest BCUT2D eigenvalue weighted by molar-refractivity contribution is 0.101. The van der Waals surface area contributed by atoms with Crippen molar-refractivity contribution in [3.05, 3.63) is 86.5 Å². The van der Waals surface area contributed by atoms with Crippen LogP contribution in [0.15, 0.2) is 59.7 Å². The van der Waals surface area contributed by atoms with E-state index in [1.807, 2.05) is 25.1 Å². The maximum atomic E-state index is 13.6. The lowest BCUT2D eigenvalue weighted by Gasteiger charge is -2.24. The van der Waals surface area contributed by atoms with Gasteiger partial charge in [0.05, 0.1) is 27.2 Å². The van der Waals surface area contributed by atoms with Crippen molar-refractivity contribution < 1.29 is 4.79 Å². The van der Waals surface area contributed by atoms with Gasteiger partial charge in [0.15, 0.2) is 5.78 Å². The number of nitrogen functional groups attached to an aromatic ring is 1. The summed E-state index contributed by atoms with van der Waals surface area (Å²) in [5.41, 5.74) is 6.88. The molecule has 0 saturated heterocycles. The molecule has 9 heteroatoms. The van der Waals surface area contributed by atoms with Crippen molar-refractivity contribution in [1.82, 2.24) is 14.5 Å². The van der Waals surface area contributed by atoms with Crippen LogP contribution in [0.4, 0.5) is 11.6 Å². The van der Waals surface area contributed by atoms with Gasteiger partial charge in [-0.15, -0.1) is 0 Å². The van der Waals surface area contributed by atoms with E-state index in [1.54, 1.807) is 30.3 Å². The number of halogens is 2. The predicted octanol–water partition coefficient (Wildman–Crippen LogP) is 5.05. The molecule has 0 aliphatic heterocycles. The molecule has 0 spiro atoms. The van der Waals surface area contributed by atoms with Gasteiger partial charge in [-0.2, -0.15) is 0 Å². The van der Waals surface area contributed by atoms with E-state index in [2.05, 4.69) is 15.3 Å². The van der Waals surface area contributed by atoms with E-state index in [9.17, 15) is 9.59 Å². The average Bonchev–Trinajstić information content (AvgIpc) is 2.76. The number of aromatic nitrogens is 3. The minimum Gasteiger partial charge on any atom is -0.383 e. The number of ketones is 1. The summed E-state index contributed by atoms with van der Waals surface area (Å²) < 4.78 is 1.52. The second-order valence-electron chi connectivity index (χ2n) is 7.24. The zero-order valence-corrected chi connectivity index (χ0v) is 18.8. The minimum absolute atomic E-state index is 0.0686. The van der Waals surface area contributed by atoms with Gasteiger partial charge >= 0.3 is 0 Å². The third-order valence-electron chi connectivity index (χ3n) is 5.14. The van der Waals surface area contributed by atoms with Crippen molar-refractivity contribution in [2.24, 2.45) is 0 Å². The number of fused-ring (bicyclic) bond motifs is 1. The minimum atomic E-state index is -0.536. The van der Waals surface area contributed by atoms with Crippen LogP contribution in [0.2, 0.25) is 10.0 Å². The van der Waals surface area contributed by atoms with Gasteiger partial charge in [0.1, 0.15) is 23.5 Å². The van der Waals surface area contributed by atoms with Crippen molar-refractivity contribution in [3.63, 3.8) is 0 Å². The Bertz CT molecular complexity index is 1400. The Kier molecular flexibility index (Phi) is 5.86. The number of Topliss-reactive ketones (excluding diaryl/α,β-unsaturated/α-hetero) is 1. The number of hydrogen-bond acceptors (Lipinski definition) is 6. The van der Waals surface area contributed by atoms with E-state index in [4.69, 9.17) is 28.9 Å². The lowest BCUT2D eigenvalue weighted by atomic mass is 10.1. The molecule has 162 valence electrons. The van der Waals surface area contributed by atoms with Crippen LogP contribution in [-0.2, 0) is 0 Å². The van der Waals surface area contributed by atoms with Crippen LogP contribution in [0.1, 0.15) is 35.9 Å². The fraction of sp³-hybridized carbons (Fsp3) is 0.130. The fourth-order valence-electron chi connectivity index (χ4n) is 3.73. The van der Waals surface area contributed by atoms with E-state index in [0.29, 0.717) is 32.2 Å². The molecular weight excluding hydrogens is 449 g/mol. The summed E-state index contributed by atoms with van der Waals surface area (Å²) in [5.74, 6) is 0.0421. The van der Waals surface area contributed by atoms with Gasteiger partial charge in [-0.3, -0.25) is 14.2 Å². The second kappa shape index (κ2) is 8.61. The number of nitrogens with two attached hydrogens (primary N) is 1. The first-order valence-electron chi connectivity index (χ1n) is 9.77. The molecule has 2 heterocycles. The summed E-state index contributed by atoms with van der Waals surface area (Å²) in [6, 6.07) is 13.7. The molecule has 32 heavy (non-hydrogen) atoms. The zero-order valence-electron chi connectivity index (χ0n) is 17.3. The summed E-state index contributed by atoms with van der Waals surface area (Å²) in [6.07, 6.45) is 1.27. The number of nitrogens with zero attached hydrogens (tertiary/aromatic N) is 3. The summed E-state index contributed by atoms with van der Waals surface area (Å²) in [7, 11) is 0. The summed E-state index contributed by atoms with van der Waals surface area (Å²) in [5, 5.41) is 4.71. The molecule has 2 aromatic heterocycles. The van der Waals surface area contributed by atoms with Crippen LogP contribution >= 0.6 is 23.2 Å². The summed E-state index contributed by atoms with van der Waals surface area (Å²) >= 11 is 13.2. The Morgan fingerprint density at radius 2 is 1.81 bits per heavy atom. The smallest absolute Gasteiger partial charge is 0.264 e. The van der Waals surface area contributed by atoms with Gasteiger partial charge in [0.25, 0.3) is 5.56 Å². The molecule has 2 aromatic carbocycles. The van der Waals surface area contributed by atoms with Gasteiger partial charge in [-0.1, -0.05) is 53.5 Å². The molecular formula is C23H19Cl2N5O2. The number of hydrogen-bond donors (Lipinski definition) is 2. The molecule has 1 unspecified atom stereocenters. The van der Waals surface area contributed by atoms with Crippen molar-refractivity contribution in [3.8, 4) is 5.69 Å². The van der Waals surface area contributed by atoms with E-state index < -0.39 is 6.04 Å². The molecule has 7 nitrogen and oxygen atoms in total. The number of benzene rings is 2. The first-order chi connectivity index (χ1) is 15.3. The van der Waals surface area contributed by atoms with Crippen LogP contribution in [0.25, 0.3) is 16.5 Å². The summed E-state index contributed by atoms with van der Waals surface area (Å²) in [6.45, 7) is 3.20. The number of nitrogens with one attached hydrogen (secondary N) is 1. The van der Waals surface area contributed by atoms with Crippen LogP contribution in [0.5, 0.6) is 0 Å². The van der Waals surface area contributed by atoms with Crippen LogP contribution in [-0.4, -0.2) is 20.3 Å². The van der Waals surface area contributed by atoms with Crippen molar-refractivity contribution >= 4 is 51.4 Å². The maximum Gasteiger partial charge on any atom is 0.264 e. The van der Waals surface area contributed by atoms with E-state index in [-0.39, 0.29) is 28.5 Å². The molecule has 0 amide bonds. The van der Waals surface area contributed by atoms with Gasteiger partial charge in [0, 0.05) is 11.1 Å². The Balaban J connectivity index is 1.99. The number of carbonyl (C=O) groups is 1. The quantitative estimate of drug-likeness (QED) is 0.398. The van der Waals surface area contributed by atoms with Crippen LogP contribution in [0.3, 0.4) is 0 Å². The second-order valence-corrected chi connectivity index (χ2v) is 8.03. The third-order valence-corrected chi connectivity index (χ3v) is 5.85. The van der Waals surface area contributed by atoms with Crippen molar-refractivity contribution in [2.45, 2.75) is 19.9 Å². The number of carbonyl (C=O) groups excluding carboxylic acids is 1. The molecule has 0 aliphatic carbocycles. The fourth-order valence-corrected chi connectivity index (χ4v) is 4.39. The number of rotatable bonds is 5. The number of pyridine rings is 1. The van der Waals surface area contributed by atoms with Gasteiger partial charge in [0.2, 0.25) is 0 Å². The van der Waals surface area contributed by atoms with Crippen LogP contribution in [0, 0.1) is 0 Å². The Hall–Kier alpha value is -3.42. The van der Waals surface area contributed by atoms with Crippen molar-refractivity contribution in [1.29, 1.82) is 0 Å². The highest BCUT2D eigenvalue weighted by molar-refractivity contribution is 6.40. The molecule has 4 rings (SSSR count). The van der Waals surface area contributed by atoms with E-state index in [0.717, 1.165) is 0 Å². The lowest BCUT2D eigenvalue weighted by Crippen LogP contribution is -2.27. The molecule has 4 aromatic rings. The van der Waals surface area contributed by atoms with Gasteiger partial charge in [-0.05, 0) is 32.0 Å². The van der Waals surface area contributed by atoms with Gasteiger partial charge < -0.3 is 11.1 Å². The molecule has 3 N–H and O–H groups in total. The zero-order chi connectivity index (χ0) is 23.0. The van der Waals surface area contributed by atoms with Gasteiger partial charge in [-0.25, -0.2) is 9.97 Å². The monoisotopic (exact) mass is 467 g/mol. The SMILES string of the molecule is CC(=O)c1c(N)ncnc1NC(C)c1c(Cl)c2cccc(Cl)c2c(=O)n1-c1ccccc1. The standard InChI is InChI=1S/C23H19Cl2N5O2/c1-12(29-22-17(13(2)31)21(26)27-11-28-22)20-19(25)15-9-6-10-16(24)18(15)23(32)30(20)14-7-4-3-5-8-14/h3-12H,1-2H3,(H3,26,27,28,29). The molecule has 0 bridgehead atoms. The molecule has 0 aliphatic rings. The Morgan fingerprint density at radius 1 is 1.09 bits per heavy atom. The molecule has 0 saturated carbocycles. The normalized spacial score (nSPS) is 12.0. The van der Waals surface area contributed by atoms with Crippen LogP contribution < -0.4 is 16.6 Å². The van der Waals surface area contributed by atoms with Crippen molar-refractivity contribution in [2.75, 3.05) is 11.1 Å².